The van der Waals surface area contributed by atoms with E-state index in [2.05, 4.69) is 21.4 Å². The maximum absolute atomic E-state index is 12.9. The van der Waals surface area contributed by atoms with Crippen molar-refractivity contribution in [3.05, 3.63) is 71.0 Å². The molecule has 0 fully saturated rings. The van der Waals surface area contributed by atoms with E-state index in [9.17, 15) is 54.2 Å². The third-order valence-corrected chi connectivity index (χ3v) is 6.18. The number of quaternary nitrogens is 2. The zero-order valence-electron chi connectivity index (χ0n) is 24.8. The molecule has 0 spiro atoms. The van der Waals surface area contributed by atoms with Gasteiger partial charge in [-0.1, -0.05) is 24.3 Å². The van der Waals surface area contributed by atoms with Crippen LogP contribution in [-0.2, 0) is 38.2 Å². The van der Waals surface area contributed by atoms with Crippen molar-refractivity contribution in [1.82, 2.24) is 9.97 Å². The van der Waals surface area contributed by atoms with Crippen LogP contribution < -0.4 is 26.8 Å². The third-order valence-electron chi connectivity index (χ3n) is 6.18. The number of aromatic amines is 2. The molecular weight excluding hydrogens is 691 g/mol. The molecule has 12 nitrogen and oxygen atoms in total. The van der Waals surface area contributed by atoms with Gasteiger partial charge in [0, 0.05) is 47.0 Å². The molecular formula is C28H26F9N4O8-. The first-order chi connectivity index (χ1) is 22.3. The van der Waals surface area contributed by atoms with Gasteiger partial charge in [0.1, 0.15) is 18.0 Å². The van der Waals surface area contributed by atoms with Gasteiger partial charge in [-0.05, 0) is 35.7 Å². The first kappa shape index (κ1) is 41.7. The van der Waals surface area contributed by atoms with E-state index in [0.29, 0.717) is 11.9 Å². The molecule has 0 aliphatic carbocycles. The monoisotopic (exact) mass is 717 g/mol. The molecule has 0 saturated heterocycles. The molecule has 0 amide bonds. The first-order valence-electron chi connectivity index (χ1n) is 13.2. The van der Waals surface area contributed by atoms with Gasteiger partial charge in [0.25, 0.3) is 0 Å². The topological polar surface area (TPSA) is 245 Å². The molecule has 4 rings (SSSR count). The molecule has 0 saturated carbocycles. The number of hydrogen-bond acceptors (Lipinski definition) is 7. The van der Waals surface area contributed by atoms with E-state index in [1.165, 1.54) is 23.9 Å². The number of halogens is 9. The van der Waals surface area contributed by atoms with Gasteiger partial charge < -0.3 is 56.2 Å². The van der Waals surface area contributed by atoms with Crippen molar-refractivity contribution < 1.29 is 90.6 Å². The summed E-state index contributed by atoms with van der Waals surface area (Å²) in [5, 5.41) is 38.1. The number of alkyl halides is 9. The second kappa shape index (κ2) is 16.7. The molecule has 0 radical (unpaired) electrons. The van der Waals surface area contributed by atoms with Crippen LogP contribution in [0.5, 0.6) is 0 Å². The summed E-state index contributed by atoms with van der Waals surface area (Å²) in [5.74, 6) is -8.26. The van der Waals surface area contributed by atoms with Crippen LogP contribution >= 0.6 is 0 Å². The average Bonchev–Trinajstić information content (AvgIpc) is 3.57. The highest BCUT2D eigenvalue weighted by Gasteiger charge is 2.34. The summed E-state index contributed by atoms with van der Waals surface area (Å²) in [7, 11) is 0. The van der Waals surface area contributed by atoms with Crippen molar-refractivity contribution >= 4 is 45.7 Å². The summed E-state index contributed by atoms with van der Waals surface area (Å²) >= 11 is 0. The molecule has 0 bridgehead atoms. The Morgan fingerprint density at radius 2 is 1.22 bits per heavy atom. The number of aliphatic carboxylic acids is 4. The minimum Gasteiger partial charge on any atom is -0.544 e. The Hall–Kier alpha value is -5.31. The van der Waals surface area contributed by atoms with Crippen LogP contribution in [0.4, 0.5) is 39.5 Å². The van der Waals surface area contributed by atoms with Crippen molar-refractivity contribution in [2.24, 2.45) is 0 Å². The van der Waals surface area contributed by atoms with E-state index in [-0.39, 0.29) is 17.4 Å². The predicted octanol–water partition coefficient (Wildman–Crippen LogP) is -0.599. The van der Waals surface area contributed by atoms with Crippen LogP contribution in [0.1, 0.15) is 22.3 Å². The van der Waals surface area contributed by atoms with Gasteiger partial charge in [0.05, 0.1) is 11.5 Å². The molecule has 270 valence electrons. The van der Waals surface area contributed by atoms with E-state index < -0.39 is 60.1 Å². The number of para-hydroxylation sites is 1. The number of nitrogens with one attached hydrogen (secondary N) is 2. The van der Waals surface area contributed by atoms with Crippen LogP contribution in [0.2, 0.25) is 0 Å². The Kier molecular flexibility index (Phi) is 14.2. The summed E-state index contributed by atoms with van der Waals surface area (Å²) in [6, 6.07) is 8.09. The van der Waals surface area contributed by atoms with Gasteiger partial charge in [0.15, 0.2) is 6.04 Å². The van der Waals surface area contributed by atoms with E-state index in [4.69, 9.17) is 24.9 Å². The van der Waals surface area contributed by atoms with Crippen molar-refractivity contribution in [3.8, 4) is 0 Å². The van der Waals surface area contributed by atoms with Gasteiger partial charge in [-0.15, -0.1) is 0 Å². The molecule has 4 aromatic rings. The van der Waals surface area contributed by atoms with E-state index >= 15 is 0 Å². The summed E-state index contributed by atoms with van der Waals surface area (Å²) in [6.45, 7) is 2.03. The fraction of sp³-hybridized carbons (Fsp3) is 0.286. The lowest BCUT2D eigenvalue weighted by Crippen LogP contribution is -2.69. The standard InChI is InChI=1S/C12H11F3N2O2.C12H14N2O2.2C2HF3O2/c13-12(14,15)7-2-1-3-9-10(7)6(5-17-9)4-8(16)11(18)19;1-7-3-2-4-9-8(6-14-11(7)9)5-10(13)12(15)16;2*3-2(4,5)1(6)7/h1-3,5,8,17H,4,16H2,(H,18,19);2-4,6,10,14H,5,13H2,1H3,(H,15,16);2*(H,6,7)/p-1/t8-;10-;;/m00../s1. The van der Waals surface area contributed by atoms with Gasteiger partial charge in [0.2, 0.25) is 0 Å². The number of carbonyl (C=O) groups is 4. The van der Waals surface area contributed by atoms with Crippen molar-refractivity contribution in [1.29, 1.82) is 0 Å². The lowest BCUT2D eigenvalue weighted by atomic mass is 10.0. The summed E-state index contributed by atoms with van der Waals surface area (Å²) < 4.78 is 102. The van der Waals surface area contributed by atoms with E-state index in [1.54, 1.807) is 0 Å². The number of hydrogen-bond donors (Lipinski definition) is 5. The number of aromatic nitrogens is 2. The second-order valence-electron chi connectivity index (χ2n) is 9.88. The van der Waals surface area contributed by atoms with Crippen LogP contribution in [0.25, 0.3) is 21.8 Å². The fourth-order valence-corrected chi connectivity index (χ4v) is 3.89. The maximum atomic E-state index is 12.9. The minimum absolute atomic E-state index is 0.00935. The predicted molar refractivity (Wildman–Crippen MR) is 142 cm³/mol. The van der Waals surface area contributed by atoms with Crippen LogP contribution in [0, 0.1) is 6.92 Å². The molecule has 2 aromatic heterocycles. The lowest BCUT2D eigenvalue weighted by Gasteiger charge is -2.12. The Morgan fingerprint density at radius 3 is 1.67 bits per heavy atom. The maximum Gasteiger partial charge on any atom is 0.430 e. The number of carboxylic acids is 4. The Bertz CT molecular complexity index is 1740. The van der Waals surface area contributed by atoms with Gasteiger partial charge in [-0.25, -0.2) is 4.79 Å². The molecule has 2 heterocycles. The largest absolute Gasteiger partial charge is 0.544 e. The molecule has 0 aliphatic rings. The van der Waals surface area contributed by atoms with Gasteiger partial charge in [-0.2, -0.15) is 39.5 Å². The van der Waals surface area contributed by atoms with E-state index in [1.807, 2.05) is 31.3 Å². The highest BCUT2D eigenvalue weighted by molar-refractivity contribution is 5.88. The second-order valence-corrected chi connectivity index (χ2v) is 9.88. The summed E-state index contributed by atoms with van der Waals surface area (Å²) in [4.78, 5) is 44.8. The normalized spacial score (nSPS) is 12.7. The molecule has 9 N–H and O–H groups in total. The Morgan fingerprint density at radius 1 is 0.755 bits per heavy atom. The van der Waals surface area contributed by atoms with Crippen molar-refractivity contribution in [3.63, 3.8) is 0 Å². The van der Waals surface area contributed by atoms with Crippen LogP contribution in [0.15, 0.2) is 48.8 Å². The first-order valence-corrected chi connectivity index (χ1v) is 13.2. The lowest BCUT2D eigenvalue weighted by molar-refractivity contribution is -0.436. The number of benzene rings is 2. The molecule has 49 heavy (non-hydrogen) atoms. The van der Waals surface area contributed by atoms with Gasteiger partial charge in [-0.3, -0.25) is 0 Å². The Labute approximate surface area is 268 Å². The molecule has 0 unspecified atom stereocenters. The number of carbonyl (C=O) groups excluding carboxylic acids is 3. The van der Waals surface area contributed by atoms with Crippen LogP contribution in [-0.4, -0.2) is 63.4 Å². The zero-order valence-corrected chi connectivity index (χ0v) is 24.8. The molecule has 2 atom stereocenters. The van der Waals surface area contributed by atoms with E-state index in [0.717, 1.165) is 22.5 Å². The van der Waals surface area contributed by atoms with Gasteiger partial charge >= 0.3 is 24.5 Å². The smallest absolute Gasteiger partial charge is 0.430 e. The Balaban J connectivity index is 0.000000360. The zero-order chi connectivity index (χ0) is 38.1. The minimum atomic E-state index is -5.19. The molecule has 2 aromatic carbocycles. The van der Waals surface area contributed by atoms with Crippen LogP contribution in [0.3, 0.4) is 0 Å². The summed E-state index contributed by atoms with van der Waals surface area (Å²) in [6.07, 6.45) is -11.3. The number of H-pyrrole nitrogens is 2. The van der Waals surface area contributed by atoms with Crippen molar-refractivity contribution in [2.45, 2.75) is 50.4 Å². The molecule has 0 aliphatic heterocycles. The number of aryl methyl sites for hydroxylation is 1. The molecule has 21 heteroatoms. The number of carboxylic acid groups (broad SMARTS) is 4. The quantitative estimate of drug-likeness (QED) is 0.161. The SMILES string of the molecule is Cc1cccc2c(C[C@H]([NH3+])C(=O)O)c[nH]c12.O=C([O-])C(F)(F)F.O=C([O-])C(F)(F)F.[NH3+][C@@H](Cc1c[nH]c2cccc(C(F)(F)F)c12)C(=O)[O-]. The van der Waals surface area contributed by atoms with Crippen molar-refractivity contribution in [2.75, 3.05) is 0 Å². The average molecular weight is 718 g/mol. The number of fused-ring (bicyclic) bond motifs is 2. The highest BCUT2D eigenvalue weighted by Crippen LogP contribution is 2.36. The highest BCUT2D eigenvalue weighted by atomic mass is 19.4. The number of rotatable bonds is 6. The summed E-state index contributed by atoms with van der Waals surface area (Å²) in [5.41, 5.74) is 10.0. The third kappa shape index (κ3) is 12.7. The fourth-order valence-electron chi connectivity index (χ4n) is 3.89.